The molecule has 7 heteroatoms. The van der Waals surface area contributed by atoms with Crippen LogP contribution in [0.4, 0.5) is 10.8 Å². The number of amides is 2. The molecule has 0 radical (unpaired) electrons. The van der Waals surface area contributed by atoms with Crippen LogP contribution >= 0.6 is 11.3 Å². The first-order valence-corrected chi connectivity index (χ1v) is 10.7. The SMILES string of the molecule is COc1ccc(-c2nc(NC(=O)CC[C@@H]3Cc4ccccc4NC3=O)sc2C)cc1. The number of nitrogens with zero attached hydrogens (tertiary/aromatic N) is 1. The molecular formula is C23H23N3O3S. The summed E-state index contributed by atoms with van der Waals surface area (Å²) in [5.74, 6) is 0.443. The van der Waals surface area contributed by atoms with Gasteiger partial charge in [-0.25, -0.2) is 4.98 Å². The Kier molecular flexibility index (Phi) is 5.81. The number of thiazole rings is 1. The number of carbonyl (C=O) groups is 2. The number of fused-ring (bicyclic) bond motifs is 1. The van der Waals surface area contributed by atoms with E-state index in [1.54, 1.807) is 7.11 Å². The average molecular weight is 422 g/mol. The zero-order valence-electron chi connectivity index (χ0n) is 16.9. The van der Waals surface area contributed by atoms with E-state index >= 15 is 0 Å². The Labute approximate surface area is 179 Å². The van der Waals surface area contributed by atoms with Crippen molar-refractivity contribution in [2.24, 2.45) is 5.92 Å². The van der Waals surface area contributed by atoms with Crippen LogP contribution in [0, 0.1) is 12.8 Å². The molecule has 0 unspecified atom stereocenters. The van der Waals surface area contributed by atoms with Crippen molar-refractivity contribution in [3.8, 4) is 17.0 Å². The third kappa shape index (κ3) is 4.36. The maximum atomic E-state index is 12.5. The van der Waals surface area contributed by atoms with Gasteiger partial charge in [0.05, 0.1) is 12.8 Å². The molecule has 154 valence electrons. The predicted molar refractivity (Wildman–Crippen MR) is 119 cm³/mol. The van der Waals surface area contributed by atoms with Crippen molar-refractivity contribution < 1.29 is 14.3 Å². The molecule has 3 aromatic rings. The van der Waals surface area contributed by atoms with Crippen LogP contribution in [0.2, 0.25) is 0 Å². The second kappa shape index (κ2) is 8.67. The molecule has 0 fully saturated rings. The quantitative estimate of drug-likeness (QED) is 0.607. The lowest BCUT2D eigenvalue weighted by molar-refractivity contribution is -0.121. The molecule has 2 amide bonds. The van der Waals surface area contributed by atoms with Gasteiger partial charge < -0.3 is 15.4 Å². The standard InChI is InChI=1S/C23H23N3O3S/c1-14-21(15-7-10-18(29-2)11-8-15)26-23(30-14)25-20(27)12-9-17-13-16-5-3-4-6-19(16)24-22(17)28/h3-8,10-11,17H,9,12-13H2,1-2H3,(H,24,28)(H,25,26,27)/t17-/m1/s1. The zero-order chi connectivity index (χ0) is 21.1. The molecule has 2 aromatic carbocycles. The van der Waals surface area contributed by atoms with Crippen molar-refractivity contribution in [2.75, 3.05) is 17.7 Å². The summed E-state index contributed by atoms with van der Waals surface area (Å²) in [6, 6.07) is 15.5. The number of rotatable bonds is 6. The molecule has 30 heavy (non-hydrogen) atoms. The summed E-state index contributed by atoms with van der Waals surface area (Å²) in [4.78, 5) is 30.4. The van der Waals surface area contributed by atoms with Crippen molar-refractivity contribution >= 4 is 34.0 Å². The number of hydrogen-bond acceptors (Lipinski definition) is 5. The van der Waals surface area contributed by atoms with E-state index in [4.69, 9.17) is 4.74 Å². The maximum absolute atomic E-state index is 12.5. The van der Waals surface area contributed by atoms with Gasteiger partial charge in [0.25, 0.3) is 0 Å². The molecule has 0 saturated heterocycles. The number of aryl methyl sites for hydroxylation is 1. The number of ether oxygens (including phenoxy) is 1. The first kappa shape index (κ1) is 20.1. The number of benzene rings is 2. The van der Waals surface area contributed by atoms with Gasteiger partial charge in [-0.2, -0.15) is 0 Å². The van der Waals surface area contributed by atoms with Crippen LogP contribution in [0.15, 0.2) is 48.5 Å². The van der Waals surface area contributed by atoms with Crippen molar-refractivity contribution in [2.45, 2.75) is 26.2 Å². The van der Waals surface area contributed by atoms with E-state index in [-0.39, 0.29) is 24.2 Å². The van der Waals surface area contributed by atoms with E-state index in [1.165, 1.54) is 11.3 Å². The van der Waals surface area contributed by atoms with Gasteiger partial charge in [-0.15, -0.1) is 11.3 Å². The zero-order valence-corrected chi connectivity index (χ0v) is 17.7. The Morgan fingerprint density at radius 1 is 1.23 bits per heavy atom. The first-order chi connectivity index (χ1) is 14.5. The Hall–Kier alpha value is -3.19. The fourth-order valence-corrected chi connectivity index (χ4v) is 4.45. The molecule has 2 N–H and O–H groups in total. The summed E-state index contributed by atoms with van der Waals surface area (Å²) in [5.41, 5.74) is 3.80. The van der Waals surface area contributed by atoms with E-state index in [9.17, 15) is 9.59 Å². The van der Waals surface area contributed by atoms with Gasteiger partial charge in [-0.05, 0) is 55.7 Å². The summed E-state index contributed by atoms with van der Waals surface area (Å²) >= 11 is 1.45. The molecule has 0 saturated carbocycles. The summed E-state index contributed by atoms with van der Waals surface area (Å²) in [7, 11) is 1.63. The lowest BCUT2D eigenvalue weighted by Gasteiger charge is -2.24. The van der Waals surface area contributed by atoms with Gasteiger partial charge in [0, 0.05) is 28.5 Å². The second-order valence-electron chi connectivity index (χ2n) is 7.29. The fourth-order valence-electron chi connectivity index (χ4n) is 3.60. The van der Waals surface area contributed by atoms with Gasteiger partial charge in [0.15, 0.2) is 5.13 Å². The van der Waals surface area contributed by atoms with Crippen LogP contribution in [0.1, 0.15) is 23.3 Å². The Balaban J connectivity index is 1.36. The minimum atomic E-state index is -0.196. The molecule has 4 rings (SSSR count). The van der Waals surface area contributed by atoms with E-state index < -0.39 is 0 Å². The van der Waals surface area contributed by atoms with Crippen molar-refractivity contribution in [3.05, 3.63) is 59.0 Å². The van der Waals surface area contributed by atoms with Crippen LogP contribution in [0.25, 0.3) is 11.3 Å². The number of aromatic nitrogens is 1. The average Bonchev–Trinajstić information content (AvgIpc) is 3.12. The molecule has 1 aliphatic heterocycles. The molecular weight excluding hydrogens is 398 g/mol. The number of para-hydroxylation sites is 1. The molecule has 6 nitrogen and oxygen atoms in total. The number of nitrogens with one attached hydrogen (secondary N) is 2. The van der Waals surface area contributed by atoms with Gasteiger partial charge >= 0.3 is 0 Å². The van der Waals surface area contributed by atoms with Gasteiger partial charge in [-0.3, -0.25) is 9.59 Å². The highest BCUT2D eigenvalue weighted by Gasteiger charge is 2.26. The van der Waals surface area contributed by atoms with E-state index in [2.05, 4.69) is 15.6 Å². The summed E-state index contributed by atoms with van der Waals surface area (Å²) < 4.78 is 5.19. The van der Waals surface area contributed by atoms with Crippen molar-refractivity contribution in [1.82, 2.24) is 4.98 Å². The van der Waals surface area contributed by atoms with Crippen LogP contribution in [-0.4, -0.2) is 23.9 Å². The normalized spacial score (nSPS) is 15.3. The summed E-state index contributed by atoms with van der Waals surface area (Å²) in [6.45, 7) is 1.98. The maximum Gasteiger partial charge on any atom is 0.227 e. The summed E-state index contributed by atoms with van der Waals surface area (Å²) in [6.07, 6.45) is 1.44. The van der Waals surface area contributed by atoms with Crippen molar-refractivity contribution in [1.29, 1.82) is 0 Å². The topological polar surface area (TPSA) is 80.3 Å². The third-order valence-corrected chi connectivity index (χ3v) is 6.12. The molecule has 1 aliphatic rings. The Morgan fingerprint density at radius 2 is 2.00 bits per heavy atom. The van der Waals surface area contributed by atoms with E-state index in [0.29, 0.717) is 18.0 Å². The fraction of sp³-hybridized carbons (Fsp3) is 0.261. The number of hydrogen-bond donors (Lipinski definition) is 2. The van der Waals surface area contributed by atoms with Gasteiger partial charge in [0.1, 0.15) is 5.75 Å². The highest BCUT2D eigenvalue weighted by molar-refractivity contribution is 7.16. The highest BCUT2D eigenvalue weighted by Crippen LogP contribution is 2.32. The smallest absolute Gasteiger partial charge is 0.227 e. The monoisotopic (exact) mass is 421 g/mol. The largest absolute Gasteiger partial charge is 0.497 e. The predicted octanol–water partition coefficient (Wildman–Crippen LogP) is 4.66. The van der Waals surface area contributed by atoms with Crippen LogP contribution in [0.3, 0.4) is 0 Å². The second-order valence-corrected chi connectivity index (χ2v) is 8.49. The molecule has 1 aromatic heterocycles. The molecule has 0 aliphatic carbocycles. The Morgan fingerprint density at radius 3 is 2.77 bits per heavy atom. The lowest BCUT2D eigenvalue weighted by Crippen LogP contribution is -2.30. The highest BCUT2D eigenvalue weighted by atomic mass is 32.1. The molecule has 0 bridgehead atoms. The molecule has 2 heterocycles. The molecule has 1 atom stereocenters. The Bertz CT molecular complexity index is 1080. The number of methoxy groups -OCH3 is 1. The van der Waals surface area contributed by atoms with Gasteiger partial charge in [0.2, 0.25) is 11.8 Å². The van der Waals surface area contributed by atoms with Crippen LogP contribution in [0.5, 0.6) is 5.75 Å². The number of carbonyl (C=O) groups excluding carboxylic acids is 2. The van der Waals surface area contributed by atoms with Crippen LogP contribution < -0.4 is 15.4 Å². The van der Waals surface area contributed by atoms with E-state index in [1.807, 2.05) is 55.5 Å². The first-order valence-electron chi connectivity index (χ1n) is 9.84. The lowest BCUT2D eigenvalue weighted by atomic mass is 9.89. The molecule has 0 spiro atoms. The van der Waals surface area contributed by atoms with Crippen LogP contribution in [-0.2, 0) is 16.0 Å². The van der Waals surface area contributed by atoms with Crippen molar-refractivity contribution in [3.63, 3.8) is 0 Å². The number of anilines is 2. The van der Waals surface area contributed by atoms with Gasteiger partial charge in [-0.1, -0.05) is 18.2 Å². The van der Waals surface area contributed by atoms with E-state index in [0.717, 1.165) is 33.1 Å². The summed E-state index contributed by atoms with van der Waals surface area (Å²) in [5, 5.41) is 6.38. The minimum Gasteiger partial charge on any atom is -0.497 e. The third-order valence-electron chi connectivity index (χ3n) is 5.24. The minimum absolute atomic E-state index is 0.0200.